The molecular weight excluding hydrogens is 558 g/mol. The number of nitrogens with zero attached hydrogens (tertiary/aromatic N) is 1. The molecule has 1 aliphatic rings. The van der Waals surface area contributed by atoms with E-state index in [-0.39, 0.29) is 29.8 Å². The Morgan fingerprint density at radius 2 is 1.72 bits per heavy atom. The van der Waals surface area contributed by atoms with Crippen molar-refractivity contribution in [3.05, 3.63) is 119 Å². The Morgan fingerprint density at radius 1 is 1.00 bits per heavy atom. The molecule has 2 N–H and O–H groups in total. The number of halogens is 1. The van der Waals surface area contributed by atoms with E-state index in [1.165, 1.54) is 5.56 Å². The number of ether oxygens (including phenoxy) is 1. The molecule has 1 aliphatic heterocycles. The number of benzene rings is 4. The number of rotatable bonds is 12. The summed E-state index contributed by atoms with van der Waals surface area (Å²) in [6, 6.07) is 31.3. The minimum Gasteiger partial charge on any atom is -0.377 e. The standard InChI is InChI=1S/C36H40ClN3O3/c1-2-27(28-11-7-4-8-12-28)24-40-19-17-33(39-34(36(40)42)18-20-43-25-26-9-5-3-6-10-26)23-38-35(41)31-14-13-30-22-32(37)16-15-29(30)21-31/h3-16,21-22,27,33-34,39H,2,17-20,23-25H2,1H3,(H,38,41)/t27?,33-,34-/m0/s1. The van der Waals surface area contributed by atoms with Crippen LogP contribution in [0.25, 0.3) is 10.8 Å². The Kier molecular flexibility index (Phi) is 10.8. The number of fused-ring (bicyclic) bond motifs is 1. The zero-order valence-corrected chi connectivity index (χ0v) is 25.4. The molecule has 224 valence electrons. The summed E-state index contributed by atoms with van der Waals surface area (Å²) in [5, 5.41) is 9.29. The van der Waals surface area contributed by atoms with Crippen LogP contribution in [0.3, 0.4) is 0 Å². The molecule has 1 saturated heterocycles. The summed E-state index contributed by atoms with van der Waals surface area (Å²) in [6.07, 6.45) is 2.25. The van der Waals surface area contributed by atoms with Gasteiger partial charge in [-0.25, -0.2) is 0 Å². The Bertz CT molecular complexity index is 1500. The summed E-state index contributed by atoms with van der Waals surface area (Å²) in [6.45, 7) is 4.87. The molecule has 0 aromatic heterocycles. The van der Waals surface area contributed by atoms with Crippen molar-refractivity contribution in [1.82, 2.24) is 15.5 Å². The van der Waals surface area contributed by atoms with E-state index in [1.54, 1.807) is 0 Å². The Hall–Kier alpha value is -3.71. The lowest BCUT2D eigenvalue weighted by Gasteiger charge is -2.28. The van der Waals surface area contributed by atoms with Gasteiger partial charge in [-0.1, -0.05) is 91.3 Å². The van der Waals surface area contributed by atoms with Crippen molar-refractivity contribution in [1.29, 1.82) is 0 Å². The highest BCUT2D eigenvalue weighted by atomic mass is 35.5. The first-order valence-corrected chi connectivity index (χ1v) is 15.6. The SMILES string of the molecule is CCC(CN1CC[C@@H](CNC(=O)c2ccc3cc(Cl)ccc3c2)N[C@@H](CCOCc2ccccc2)C1=O)c1ccccc1. The van der Waals surface area contributed by atoms with E-state index in [1.807, 2.05) is 77.7 Å². The molecule has 1 unspecified atom stereocenters. The maximum Gasteiger partial charge on any atom is 0.251 e. The number of nitrogens with one attached hydrogen (secondary N) is 2. The van der Waals surface area contributed by atoms with Gasteiger partial charge in [0.25, 0.3) is 5.91 Å². The molecule has 0 spiro atoms. The fourth-order valence-corrected chi connectivity index (χ4v) is 5.91. The zero-order chi connectivity index (χ0) is 30.0. The van der Waals surface area contributed by atoms with Crippen LogP contribution in [0.15, 0.2) is 97.1 Å². The summed E-state index contributed by atoms with van der Waals surface area (Å²) in [5.41, 5.74) is 2.95. The second-order valence-corrected chi connectivity index (χ2v) is 11.7. The fourth-order valence-electron chi connectivity index (χ4n) is 5.73. The molecule has 0 radical (unpaired) electrons. The van der Waals surface area contributed by atoms with Gasteiger partial charge in [-0.05, 0) is 65.4 Å². The first-order valence-electron chi connectivity index (χ1n) is 15.2. The molecule has 1 fully saturated rings. The van der Waals surface area contributed by atoms with Gasteiger partial charge in [0.2, 0.25) is 5.91 Å². The molecule has 3 atom stereocenters. The highest BCUT2D eigenvalue weighted by Crippen LogP contribution is 2.23. The first-order chi connectivity index (χ1) is 21.0. The van der Waals surface area contributed by atoms with Crippen molar-refractivity contribution in [2.75, 3.05) is 26.2 Å². The lowest BCUT2D eigenvalue weighted by Crippen LogP contribution is -2.49. The second-order valence-electron chi connectivity index (χ2n) is 11.2. The van der Waals surface area contributed by atoms with Crippen LogP contribution in [0.5, 0.6) is 0 Å². The third-order valence-corrected chi connectivity index (χ3v) is 8.47. The third kappa shape index (κ3) is 8.44. The number of hydrogen-bond acceptors (Lipinski definition) is 4. The maximum absolute atomic E-state index is 13.9. The van der Waals surface area contributed by atoms with Gasteiger partial charge in [-0.2, -0.15) is 0 Å². The van der Waals surface area contributed by atoms with E-state index in [4.69, 9.17) is 16.3 Å². The average molecular weight is 598 g/mol. The first kappa shape index (κ1) is 30.7. The van der Waals surface area contributed by atoms with E-state index in [0.717, 1.165) is 29.2 Å². The van der Waals surface area contributed by atoms with E-state index in [2.05, 4.69) is 41.8 Å². The predicted molar refractivity (Wildman–Crippen MR) is 173 cm³/mol. The largest absolute Gasteiger partial charge is 0.377 e. The van der Waals surface area contributed by atoms with Crippen molar-refractivity contribution in [2.24, 2.45) is 0 Å². The Labute approximate surface area is 259 Å². The zero-order valence-electron chi connectivity index (χ0n) is 24.7. The van der Waals surface area contributed by atoms with Crippen LogP contribution in [-0.2, 0) is 16.1 Å². The molecule has 2 amide bonds. The van der Waals surface area contributed by atoms with Crippen molar-refractivity contribution in [3.63, 3.8) is 0 Å². The summed E-state index contributed by atoms with van der Waals surface area (Å²) >= 11 is 6.12. The molecule has 0 bridgehead atoms. The number of carbonyl (C=O) groups excluding carboxylic acids is 2. The average Bonchev–Trinajstić information content (AvgIpc) is 3.19. The molecule has 43 heavy (non-hydrogen) atoms. The van der Waals surface area contributed by atoms with Crippen LogP contribution in [-0.4, -0.2) is 55.0 Å². The quantitative estimate of drug-likeness (QED) is 0.181. The van der Waals surface area contributed by atoms with Crippen LogP contribution in [0.1, 0.15) is 53.6 Å². The van der Waals surface area contributed by atoms with Crippen molar-refractivity contribution in [3.8, 4) is 0 Å². The van der Waals surface area contributed by atoms with Crippen LogP contribution in [0, 0.1) is 0 Å². The third-order valence-electron chi connectivity index (χ3n) is 8.23. The van der Waals surface area contributed by atoms with Gasteiger partial charge in [-0.3, -0.25) is 9.59 Å². The van der Waals surface area contributed by atoms with Crippen molar-refractivity contribution >= 4 is 34.2 Å². The lowest BCUT2D eigenvalue weighted by molar-refractivity contribution is -0.133. The van der Waals surface area contributed by atoms with Gasteiger partial charge < -0.3 is 20.3 Å². The molecule has 0 aliphatic carbocycles. The van der Waals surface area contributed by atoms with Crippen LogP contribution in [0.2, 0.25) is 5.02 Å². The number of hydrogen-bond donors (Lipinski definition) is 2. The maximum atomic E-state index is 13.9. The molecule has 5 rings (SSSR count). The second kappa shape index (κ2) is 15.1. The van der Waals surface area contributed by atoms with Crippen molar-refractivity contribution < 1.29 is 14.3 Å². The van der Waals surface area contributed by atoms with Crippen molar-refractivity contribution in [2.45, 2.75) is 50.8 Å². The predicted octanol–water partition coefficient (Wildman–Crippen LogP) is 6.58. The highest BCUT2D eigenvalue weighted by Gasteiger charge is 2.32. The minimum absolute atomic E-state index is 0.0481. The topological polar surface area (TPSA) is 70.7 Å². The monoisotopic (exact) mass is 597 g/mol. The highest BCUT2D eigenvalue weighted by molar-refractivity contribution is 6.31. The fraction of sp³-hybridized carbons (Fsp3) is 0.333. The number of carbonyl (C=O) groups is 2. The summed E-state index contributed by atoms with van der Waals surface area (Å²) < 4.78 is 5.96. The number of amides is 2. The molecule has 4 aromatic carbocycles. The van der Waals surface area contributed by atoms with Crippen LogP contribution in [0.4, 0.5) is 0 Å². The van der Waals surface area contributed by atoms with Gasteiger partial charge in [-0.15, -0.1) is 0 Å². The van der Waals surface area contributed by atoms with Gasteiger partial charge in [0.15, 0.2) is 0 Å². The Morgan fingerprint density at radius 3 is 2.49 bits per heavy atom. The molecular formula is C36H40ClN3O3. The Balaban J connectivity index is 1.24. The summed E-state index contributed by atoms with van der Waals surface area (Å²) in [7, 11) is 0. The molecule has 7 heteroatoms. The van der Waals surface area contributed by atoms with E-state index < -0.39 is 0 Å². The molecule has 1 heterocycles. The minimum atomic E-state index is -0.390. The van der Waals surface area contributed by atoms with E-state index >= 15 is 0 Å². The van der Waals surface area contributed by atoms with Gasteiger partial charge in [0.1, 0.15) is 0 Å². The van der Waals surface area contributed by atoms with Crippen LogP contribution >= 0.6 is 11.6 Å². The van der Waals surface area contributed by atoms with Gasteiger partial charge >= 0.3 is 0 Å². The van der Waals surface area contributed by atoms with Crippen LogP contribution < -0.4 is 10.6 Å². The summed E-state index contributed by atoms with van der Waals surface area (Å²) in [4.78, 5) is 29.0. The molecule has 0 saturated carbocycles. The lowest BCUT2D eigenvalue weighted by atomic mass is 9.95. The molecule has 6 nitrogen and oxygen atoms in total. The summed E-state index contributed by atoms with van der Waals surface area (Å²) in [5.74, 6) is 0.225. The van der Waals surface area contributed by atoms with Gasteiger partial charge in [0, 0.05) is 48.8 Å². The van der Waals surface area contributed by atoms with E-state index in [9.17, 15) is 9.59 Å². The van der Waals surface area contributed by atoms with E-state index in [0.29, 0.717) is 49.9 Å². The normalized spacial score (nSPS) is 17.9. The molecule has 4 aromatic rings. The smallest absolute Gasteiger partial charge is 0.251 e. The van der Waals surface area contributed by atoms with Gasteiger partial charge in [0.05, 0.1) is 12.6 Å².